The van der Waals surface area contributed by atoms with Crippen LogP contribution in [0.25, 0.3) is 16.5 Å². The average Bonchev–Trinajstić information content (AvgIpc) is 3.34. The summed E-state index contributed by atoms with van der Waals surface area (Å²) in [6.45, 7) is 0. The van der Waals surface area contributed by atoms with Crippen molar-refractivity contribution in [3.63, 3.8) is 0 Å². The number of rotatable bonds is 5. The van der Waals surface area contributed by atoms with Crippen molar-refractivity contribution in [3.8, 4) is 16.5 Å². The van der Waals surface area contributed by atoms with E-state index in [0.29, 0.717) is 22.5 Å². The van der Waals surface area contributed by atoms with Crippen LogP contribution in [0.2, 0.25) is 0 Å². The summed E-state index contributed by atoms with van der Waals surface area (Å²) in [6, 6.07) is 10.4. The molecule has 8 heteroatoms. The van der Waals surface area contributed by atoms with Gasteiger partial charge in [0.25, 0.3) is 0 Å². The van der Waals surface area contributed by atoms with Gasteiger partial charge in [-0.15, -0.1) is 21.5 Å². The molecule has 24 heavy (non-hydrogen) atoms. The van der Waals surface area contributed by atoms with E-state index >= 15 is 0 Å². The van der Waals surface area contributed by atoms with Gasteiger partial charge in [-0.25, -0.2) is 9.37 Å². The average molecular weight is 358 g/mol. The normalized spacial score (nSPS) is 11.0. The summed E-state index contributed by atoms with van der Waals surface area (Å²) in [5.74, 6) is 0.846. The molecule has 0 saturated carbocycles. The van der Waals surface area contributed by atoms with Crippen molar-refractivity contribution in [1.82, 2.24) is 19.7 Å². The van der Waals surface area contributed by atoms with Crippen LogP contribution in [0.1, 0.15) is 5.69 Å². The largest absolute Gasteiger partial charge is 0.444 e. The highest BCUT2D eigenvalue weighted by Gasteiger charge is 2.13. The lowest BCUT2D eigenvalue weighted by Crippen LogP contribution is -1.98. The molecule has 3 aromatic heterocycles. The first-order chi connectivity index (χ1) is 11.8. The summed E-state index contributed by atoms with van der Waals surface area (Å²) in [7, 11) is 0. The van der Waals surface area contributed by atoms with Crippen molar-refractivity contribution in [2.75, 3.05) is 0 Å². The minimum Gasteiger partial charge on any atom is -0.444 e. The fourth-order valence-electron chi connectivity index (χ4n) is 2.16. The predicted molar refractivity (Wildman–Crippen MR) is 90.7 cm³/mol. The van der Waals surface area contributed by atoms with E-state index in [1.807, 2.05) is 17.5 Å². The van der Waals surface area contributed by atoms with Gasteiger partial charge in [0.1, 0.15) is 18.4 Å². The third kappa shape index (κ3) is 2.98. The van der Waals surface area contributed by atoms with Gasteiger partial charge in [0.2, 0.25) is 5.89 Å². The van der Waals surface area contributed by atoms with Crippen molar-refractivity contribution in [3.05, 3.63) is 65.9 Å². The quantitative estimate of drug-likeness (QED) is 0.495. The Kier molecular flexibility index (Phi) is 4.14. The minimum atomic E-state index is -0.319. The van der Waals surface area contributed by atoms with Crippen molar-refractivity contribution >= 4 is 23.1 Å². The first-order valence-corrected chi connectivity index (χ1v) is 8.94. The van der Waals surface area contributed by atoms with E-state index in [0.717, 1.165) is 10.6 Å². The minimum absolute atomic E-state index is 0.319. The van der Waals surface area contributed by atoms with Crippen LogP contribution in [0, 0.1) is 5.82 Å². The molecule has 1 aromatic carbocycles. The summed E-state index contributed by atoms with van der Waals surface area (Å²) >= 11 is 3.00. The second kappa shape index (κ2) is 6.58. The lowest BCUT2D eigenvalue weighted by atomic mass is 10.3. The second-order valence-corrected chi connectivity index (χ2v) is 6.74. The van der Waals surface area contributed by atoms with E-state index in [4.69, 9.17) is 4.42 Å². The smallest absolute Gasteiger partial charge is 0.236 e. The molecule has 0 aliphatic heterocycles. The molecule has 4 rings (SSSR count). The van der Waals surface area contributed by atoms with Crippen LogP contribution in [0.3, 0.4) is 0 Å². The van der Waals surface area contributed by atoms with Gasteiger partial charge in [0.05, 0.1) is 16.3 Å². The SMILES string of the molecule is Fc1ccccc1-n1cnnc1SCc1coc(-c2cccs2)n1. The number of nitrogens with zero attached hydrogens (tertiary/aromatic N) is 4. The maximum Gasteiger partial charge on any atom is 0.236 e. The summed E-state index contributed by atoms with van der Waals surface area (Å²) in [5, 5.41) is 10.5. The van der Waals surface area contributed by atoms with Crippen molar-refractivity contribution < 1.29 is 8.81 Å². The van der Waals surface area contributed by atoms with E-state index in [-0.39, 0.29) is 5.82 Å². The topological polar surface area (TPSA) is 56.7 Å². The molecule has 5 nitrogen and oxygen atoms in total. The zero-order valence-electron chi connectivity index (χ0n) is 12.3. The molecular formula is C16H11FN4OS2. The number of benzene rings is 1. The van der Waals surface area contributed by atoms with E-state index in [1.54, 1.807) is 40.4 Å². The summed E-state index contributed by atoms with van der Waals surface area (Å²) in [6.07, 6.45) is 3.13. The number of hydrogen-bond acceptors (Lipinski definition) is 6. The molecule has 0 fully saturated rings. The monoisotopic (exact) mass is 358 g/mol. The Balaban J connectivity index is 1.52. The first-order valence-electron chi connectivity index (χ1n) is 7.07. The molecule has 0 N–H and O–H groups in total. The molecule has 0 bridgehead atoms. The lowest BCUT2D eigenvalue weighted by Gasteiger charge is -2.06. The first kappa shape index (κ1) is 15.1. The molecule has 0 radical (unpaired) electrons. The van der Waals surface area contributed by atoms with Gasteiger partial charge in [-0.05, 0) is 23.6 Å². The lowest BCUT2D eigenvalue weighted by molar-refractivity contribution is 0.575. The number of halogens is 1. The van der Waals surface area contributed by atoms with Crippen LogP contribution >= 0.6 is 23.1 Å². The molecule has 0 saturated heterocycles. The second-order valence-electron chi connectivity index (χ2n) is 4.84. The zero-order chi connectivity index (χ0) is 16.4. The van der Waals surface area contributed by atoms with Crippen LogP contribution in [0.5, 0.6) is 0 Å². The zero-order valence-corrected chi connectivity index (χ0v) is 13.9. The maximum atomic E-state index is 13.9. The summed E-state index contributed by atoms with van der Waals surface area (Å²) in [5.41, 5.74) is 1.22. The summed E-state index contributed by atoms with van der Waals surface area (Å²) < 4.78 is 21.1. The van der Waals surface area contributed by atoms with Crippen LogP contribution in [-0.2, 0) is 5.75 Å². The number of aromatic nitrogens is 4. The number of para-hydroxylation sites is 1. The van der Waals surface area contributed by atoms with Gasteiger partial charge < -0.3 is 4.42 Å². The van der Waals surface area contributed by atoms with E-state index in [1.165, 1.54) is 24.2 Å². The molecule has 0 aliphatic carbocycles. The van der Waals surface area contributed by atoms with E-state index in [9.17, 15) is 4.39 Å². The van der Waals surface area contributed by atoms with Crippen molar-refractivity contribution in [2.45, 2.75) is 10.9 Å². The molecule has 0 spiro atoms. The number of thiophene rings is 1. The Morgan fingerprint density at radius 1 is 1.21 bits per heavy atom. The maximum absolute atomic E-state index is 13.9. The highest BCUT2D eigenvalue weighted by Crippen LogP contribution is 2.27. The Morgan fingerprint density at radius 3 is 2.96 bits per heavy atom. The van der Waals surface area contributed by atoms with Gasteiger partial charge >= 0.3 is 0 Å². The van der Waals surface area contributed by atoms with Gasteiger partial charge in [0, 0.05) is 5.75 Å². The molecule has 0 amide bonds. The number of thioether (sulfide) groups is 1. The standard InChI is InChI=1S/C16H11FN4OS2/c17-12-4-1-2-5-13(12)21-10-18-20-16(21)24-9-11-8-22-15(19-11)14-6-3-7-23-14/h1-8,10H,9H2. The number of hydrogen-bond donors (Lipinski definition) is 0. The van der Waals surface area contributed by atoms with Crippen LogP contribution in [0.15, 0.2) is 63.9 Å². The fourth-order valence-corrected chi connectivity index (χ4v) is 3.61. The van der Waals surface area contributed by atoms with E-state index in [2.05, 4.69) is 15.2 Å². The highest BCUT2D eigenvalue weighted by molar-refractivity contribution is 7.98. The highest BCUT2D eigenvalue weighted by atomic mass is 32.2. The van der Waals surface area contributed by atoms with Crippen molar-refractivity contribution in [1.29, 1.82) is 0 Å². The van der Waals surface area contributed by atoms with Gasteiger partial charge in [0.15, 0.2) is 5.16 Å². The molecular weight excluding hydrogens is 347 g/mol. The van der Waals surface area contributed by atoms with E-state index < -0.39 is 0 Å². The van der Waals surface area contributed by atoms with Gasteiger partial charge in [-0.1, -0.05) is 30.0 Å². The Bertz CT molecular complexity index is 949. The fraction of sp³-hybridized carbons (Fsp3) is 0.0625. The van der Waals surface area contributed by atoms with Crippen molar-refractivity contribution in [2.24, 2.45) is 0 Å². The van der Waals surface area contributed by atoms with Gasteiger partial charge in [-0.3, -0.25) is 4.57 Å². The van der Waals surface area contributed by atoms with Crippen LogP contribution in [-0.4, -0.2) is 19.7 Å². The third-order valence-electron chi connectivity index (χ3n) is 3.26. The molecule has 120 valence electrons. The molecule has 0 aliphatic rings. The molecule has 4 aromatic rings. The Morgan fingerprint density at radius 2 is 2.12 bits per heavy atom. The Hall–Kier alpha value is -2.45. The molecule has 0 unspecified atom stereocenters. The number of oxazole rings is 1. The van der Waals surface area contributed by atoms with Crippen LogP contribution < -0.4 is 0 Å². The molecule has 3 heterocycles. The summed E-state index contributed by atoms with van der Waals surface area (Å²) in [4.78, 5) is 5.45. The van der Waals surface area contributed by atoms with Gasteiger partial charge in [-0.2, -0.15) is 0 Å². The predicted octanol–water partition coefficient (Wildman–Crippen LogP) is 4.42. The van der Waals surface area contributed by atoms with Crippen LogP contribution in [0.4, 0.5) is 4.39 Å². The Labute approximate surface area is 145 Å². The third-order valence-corrected chi connectivity index (χ3v) is 5.10. The molecule has 0 atom stereocenters.